The molecule has 0 radical (unpaired) electrons. The third kappa shape index (κ3) is 0.697. The minimum Gasteiger partial charge on any atom is -0.373 e. The molecule has 0 aromatic heterocycles. The van der Waals surface area contributed by atoms with Gasteiger partial charge in [0.1, 0.15) is 0 Å². The summed E-state index contributed by atoms with van der Waals surface area (Å²) >= 11 is 0. The maximum atomic E-state index is 10.6. The Balaban J connectivity index is 2.12. The standard InChI is InChI=1S/C5H8O3S/c6-9(7)3-5(4-9)1-2-8-5/h1-4H2. The fourth-order valence-corrected chi connectivity index (χ4v) is 3.35. The summed E-state index contributed by atoms with van der Waals surface area (Å²) in [7, 11) is -2.67. The van der Waals surface area contributed by atoms with Crippen LogP contribution in [0.25, 0.3) is 0 Å². The molecule has 0 unspecified atom stereocenters. The van der Waals surface area contributed by atoms with Crippen LogP contribution in [0.1, 0.15) is 6.42 Å². The molecule has 9 heavy (non-hydrogen) atoms. The third-order valence-electron chi connectivity index (χ3n) is 1.93. The van der Waals surface area contributed by atoms with Crippen LogP contribution in [-0.4, -0.2) is 32.1 Å². The first-order valence-corrected chi connectivity index (χ1v) is 4.79. The molecule has 1 spiro atoms. The quantitative estimate of drug-likeness (QED) is 0.468. The zero-order valence-electron chi connectivity index (χ0n) is 4.96. The van der Waals surface area contributed by atoms with Crippen LogP contribution in [0.4, 0.5) is 0 Å². The Kier molecular flexibility index (Phi) is 0.833. The zero-order chi connectivity index (χ0) is 6.54. The van der Waals surface area contributed by atoms with E-state index in [1.807, 2.05) is 0 Å². The van der Waals surface area contributed by atoms with Gasteiger partial charge in [-0.15, -0.1) is 0 Å². The van der Waals surface area contributed by atoms with Gasteiger partial charge in [-0.2, -0.15) is 0 Å². The molecule has 2 rings (SSSR count). The fourth-order valence-electron chi connectivity index (χ4n) is 1.38. The molecule has 3 nitrogen and oxygen atoms in total. The van der Waals surface area contributed by atoms with Crippen molar-refractivity contribution in [1.82, 2.24) is 0 Å². The summed E-state index contributed by atoms with van der Waals surface area (Å²) in [6.07, 6.45) is 0.937. The maximum Gasteiger partial charge on any atom is 0.156 e. The third-order valence-corrected chi connectivity index (χ3v) is 3.86. The Labute approximate surface area is 53.9 Å². The first-order chi connectivity index (χ1) is 4.12. The summed E-state index contributed by atoms with van der Waals surface area (Å²) in [6, 6.07) is 0. The van der Waals surface area contributed by atoms with E-state index in [9.17, 15) is 8.42 Å². The summed E-state index contributed by atoms with van der Waals surface area (Å²) in [5.74, 6) is 0.528. The van der Waals surface area contributed by atoms with Crippen LogP contribution in [0.5, 0.6) is 0 Å². The summed E-state index contributed by atoms with van der Waals surface area (Å²) < 4.78 is 26.3. The molecule has 0 N–H and O–H groups in total. The molecule has 0 bridgehead atoms. The lowest BCUT2D eigenvalue weighted by Gasteiger charge is -2.47. The first-order valence-electron chi connectivity index (χ1n) is 2.96. The summed E-state index contributed by atoms with van der Waals surface area (Å²) in [4.78, 5) is 0. The van der Waals surface area contributed by atoms with Crippen LogP contribution < -0.4 is 0 Å². The van der Waals surface area contributed by atoms with Crippen LogP contribution in [-0.2, 0) is 14.6 Å². The van der Waals surface area contributed by atoms with Crippen LogP contribution in [0.2, 0.25) is 0 Å². The number of ether oxygens (including phenoxy) is 1. The molecule has 2 heterocycles. The van der Waals surface area contributed by atoms with Gasteiger partial charge >= 0.3 is 0 Å². The van der Waals surface area contributed by atoms with Crippen LogP contribution in [0.15, 0.2) is 0 Å². The SMILES string of the molecule is O=S1(=O)CC2(CCO2)C1. The maximum absolute atomic E-state index is 10.6. The van der Waals surface area contributed by atoms with Crippen molar-refractivity contribution in [2.75, 3.05) is 18.1 Å². The van der Waals surface area contributed by atoms with Crippen molar-refractivity contribution < 1.29 is 13.2 Å². The van der Waals surface area contributed by atoms with Crippen molar-refractivity contribution >= 4 is 9.84 Å². The Morgan fingerprint density at radius 2 is 1.89 bits per heavy atom. The summed E-state index contributed by atoms with van der Waals surface area (Å²) in [5, 5.41) is 0. The number of rotatable bonds is 0. The molecule has 0 saturated carbocycles. The van der Waals surface area contributed by atoms with Gasteiger partial charge in [0, 0.05) is 6.42 Å². The minimum atomic E-state index is -2.67. The average Bonchev–Trinajstić information content (AvgIpc) is 1.54. The van der Waals surface area contributed by atoms with Gasteiger partial charge < -0.3 is 4.74 Å². The highest BCUT2D eigenvalue weighted by Crippen LogP contribution is 2.37. The Morgan fingerprint density at radius 1 is 1.33 bits per heavy atom. The van der Waals surface area contributed by atoms with Crippen LogP contribution in [0, 0.1) is 0 Å². The molecule has 2 aliphatic heterocycles. The van der Waals surface area contributed by atoms with Crippen molar-refractivity contribution in [3.05, 3.63) is 0 Å². The van der Waals surface area contributed by atoms with Gasteiger partial charge in [0.15, 0.2) is 9.84 Å². The minimum absolute atomic E-state index is 0.209. The van der Waals surface area contributed by atoms with E-state index in [1.54, 1.807) is 0 Å². The number of hydrogen-bond donors (Lipinski definition) is 0. The van der Waals surface area contributed by atoms with Gasteiger partial charge in [-0.25, -0.2) is 8.42 Å². The highest BCUT2D eigenvalue weighted by Gasteiger charge is 2.53. The molecule has 0 aromatic rings. The topological polar surface area (TPSA) is 43.4 Å². The lowest BCUT2D eigenvalue weighted by Crippen LogP contribution is -2.62. The number of hydrogen-bond acceptors (Lipinski definition) is 3. The van der Waals surface area contributed by atoms with E-state index >= 15 is 0 Å². The predicted molar refractivity (Wildman–Crippen MR) is 32.0 cm³/mol. The molecule has 0 amide bonds. The van der Waals surface area contributed by atoms with Crippen molar-refractivity contribution in [2.45, 2.75) is 12.0 Å². The lowest BCUT2D eigenvalue weighted by molar-refractivity contribution is -0.124. The van der Waals surface area contributed by atoms with Gasteiger partial charge in [-0.05, 0) is 0 Å². The second kappa shape index (κ2) is 1.32. The lowest BCUT2D eigenvalue weighted by atomic mass is 9.99. The van der Waals surface area contributed by atoms with E-state index in [0.717, 1.165) is 13.0 Å². The van der Waals surface area contributed by atoms with E-state index in [4.69, 9.17) is 4.74 Å². The summed E-state index contributed by atoms with van der Waals surface area (Å²) in [5.41, 5.74) is -0.209. The summed E-state index contributed by atoms with van der Waals surface area (Å²) in [6.45, 7) is 0.746. The highest BCUT2D eigenvalue weighted by molar-refractivity contribution is 7.93. The van der Waals surface area contributed by atoms with E-state index in [1.165, 1.54) is 0 Å². The zero-order valence-corrected chi connectivity index (χ0v) is 5.78. The first kappa shape index (κ1) is 5.68. The number of sulfone groups is 1. The van der Waals surface area contributed by atoms with Gasteiger partial charge in [0.2, 0.25) is 0 Å². The Hall–Kier alpha value is -0.0900. The smallest absolute Gasteiger partial charge is 0.156 e. The predicted octanol–water partition coefficient (Wildman–Crippen LogP) is -0.426. The second-order valence-corrected chi connectivity index (χ2v) is 4.88. The molecule has 0 aliphatic carbocycles. The van der Waals surface area contributed by atoms with Crippen molar-refractivity contribution in [3.8, 4) is 0 Å². The van der Waals surface area contributed by atoms with Crippen molar-refractivity contribution in [2.24, 2.45) is 0 Å². The largest absolute Gasteiger partial charge is 0.373 e. The molecule has 2 aliphatic rings. The second-order valence-electron chi connectivity index (χ2n) is 2.81. The molecule has 52 valence electrons. The van der Waals surface area contributed by atoms with E-state index < -0.39 is 9.84 Å². The molecular formula is C5H8O3S. The Morgan fingerprint density at radius 3 is 2.00 bits per heavy atom. The average molecular weight is 148 g/mol. The van der Waals surface area contributed by atoms with E-state index in [2.05, 4.69) is 0 Å². The van der Waals surface area contributed by atoms with Gasteiger partial charge in [0.25, 0.3) is 0 Å². The van der Waals surface area contributed by atoms with Crippen LogP contribution >= 0.6 is 0 Å². The molecule has 2 fully saturated rings. The van der Waals surface area contributed by atoms with E-state index in [-0.39, 0.29) is 17.1 Å². The van der Waals surface area contributed by atoms with Gasteiger partial charge in [0.05, 0.1) is 23.7 Å². The fraction of sp³-hybridized carbons (Fsp3) is 1.00. The molecule has 4 heteroatoms. The normalized spacial score (nSPS) is 35.1. The monoisotopic (exact) mass is 148 g/mol. The molecule has 0 aromatic carbocycles. The molecule has 2 saturated heterocycles. The van der Waals surface area contributed by atoms with Crippen molar-refractivity contribution in [1.29, 1.82) is 0 Å². The van der Waals surface area contributed by atoms with Gasteiger partial charge in [-0.3, -0.25) is 0 Å². The molecular weight excluding hydrogens is 140 g/mol. The Bertz CT molecular complexity index is 211. The molecule has 0 atom stereocenters. The van der Waals surface area contributed by atoms with Crippen molar-refractivity contribution in [3.63, 3.8) is 0 Å². The highest BCUT2D eigenvalue weighted by atomic mass is 32.2. The van der Waals surface area contributed by atoms with Gasteiger partial charge in [-0.1, -0.05) is 0 Å². The van der Waals surface area contributed by atoms with E-state index in [0.29, 0.717) is 0 Å². The van der Waals surface area contributed by atoms with Crippen LogP contribution in [0.3, 0.4) is 0 Å².